The van der Waals surface area contributed by atoms with Gasteiger partial charge in [0.25, 0.3) is 0 Å². The molecule has 0 saturated carbocycles. The number of hydrogen-bond acceptors (Lipinski definition) is 5. The Bertz CT molecular complexity index is 778. The van der Waals surface area contributed by atoms with Crippen molar-refractivity contribution in [2.75, 3.05) is 47.5 Å². The lowest BCUT2D eigenvalue weighted by Gasteiger charge is -2.30. The van der Waals surface area contributed by atoms with Gasteiger partial charge < -0.3 is 19.1 Å². The van der Waals surface area contributed by atoms with E-state index in [0.717, 1.165) is 43.3 Å². The number of halogens is 1. The molecule has 7 heteroatoms. The molecule has 1 heterocycles. The highest BCUT2D eigenvalue weighted by Crippen LogP contribution is 2.37. The molecule has 1 N–H and O–H groups in total. The first-order valence-corrected chi connectivity index (χ1v) is 9.67. The van der Waals surface area contributed by atoms with Crippen LogP contribution < -0.4 is 19.1 Å². The van der Waals surface area contributed by atoms with Gasteiger partial charge in [-0.05, 0) is 24.3 Å². The number of nitrogens with zero attached hydrogens (tertiary/aromatic N) is 2. The van der Waals surface area contributed by atoms with Crippen LogP contribution in [0.25, 0.3) is 0 Å². The zero-order valence-corrected chi connectivity index (χ0v) is 17.3. The van der Waals surface area contributed by atoms with E-state index >= 15 is 0 Å². The number of benzene rings is 2. The Balaban J connectivity index is 1.58. The summed E-state index contributed by atoms with van der Waals surface area (Å²) in [4.78, 5) is 1.56. The summed E-state index contributed by atoms with van der Waals surface area (Å²) in [5.41, 5.74) is 2.22. The summed E-state index contributed by atoms with van der Waals surface area (Å²) < 4.78 is 16.2. The highest BCUT2D eigenvalue weighted by Gasteiger charge is 2.19. The summed E-state index contributed by atoms with van der Waals surface area (Å²) in [5, 5.41) is 7.53. The van der Waals surface area contributed by atoms with Gasteiger partial charge in [-0.3, -0.25) is 5.01 Å². The maximum atomic E-state index is 5.96. The third kappa shape index (κ3) is 5.09. The lowest BCUT2D eigenvalue weighted by atomic mass is 10.2. The second-order valence-electron chi connectivity index (χ2n) is 6.71. The maximum absolute atomic E-state index is 5.96. The van der Waals surface area contributed by atoms with Crippen molar-refractivity contribution in [3.8, 4) is 17.2 Å². The van der Waals surface area contributed by atoms with E-state index in [9.17, 15) is 0 Å². The third-order valence-electron chi connectivity index (χ3n) is 4.87. The predicted octanol–water partition coefficient (Wildman–Crippen LogP) is 2.10. The first-order chi connectivity index (χ1) is 13.6. The average Bonchev–Trinajstić information content (AvgIpc) is 2.74. The summed E-state index contributed by atoms with van der Waals surface area (Å²) in [6.07, 6.45) is 1.84. The first kappa shape index (κ1) is 20.3. The molecule has 2 aromatic rings. The molecule has 0 aromatic heterocycles. The van der Waals surface area contributed by atoms with Crippen molar-refractivity contribution in [2.24, 2.45) is 5.10 Å². The average molecular weight is 405 g/mol. The Labute approximate surface area is 171 Å². The van der Waals surface area contributed by atoms with Crippen LogP contribution in [0, 0.1) is 0 Å². The van der Waals surface area contributed by atoms with Crippen molar-refractivity contribution in [3.63, 3.8) is 0 Å². The van der Waals surface area contributed by atoms with Crippen molar-refractivity contribution in [2.45, 2.75) is 6.54 Å². The zero-order chi connectivity index (χ0) is 19.9. The van der Waals surface area contributed by atoms with Crippen LogP contribution >= 0.6 is 11.6 Å². The molecule has 3 rings (SSSR count). The van der Waals surface area contributed by atoms with Gasteiger partial charge in [-0.1, -0.05) is 23.7 Å². The van der Waals surface area contributed by atoms with Gasteiger partial charge >= 0.3 is 0 Å². The molecule has 6 nitrogen and oxygen atoms in total. The van der Waals surface area contributed by atoms with E-state index in [1.807, 2.05) is 30.5 Å². The van der Waals surface area contributed by atoms with Gasteiger partial charge in [0, 0.05) is 16.1 Å². The van der Waals surface area contributed by atoms with Crippen LogP contribution in [-0.4, -0.2) is 58.7 Å². The lowest BCUT2D eigenvalue weighted by molar-refractivity contribution is -0.918. The number of nitrogens with one attached hydrogen (secondary N) is 1. The molecule has 0 aliphatic carbocycles. The largest absolute Gasteiger partial charge is 0.493 e. The summed E-state index contributed by atoms with van der Waals surface area (Å²) in [6, 6.07) is 11.9. The standard InChI is InChI=1S/C21H26ClN3O3/c1-26-19-12-17(13-20(27-2)21(19)28-3)14-23-25-10-8-24(9-11-25)15-16-4-6-18(22)7-5-16/h4-7,12-14H,8-11,15H2,1-3H3/p+1/b23-14-. The van der Waals surface area contributed by atoms with Crippen molar-refractivity contribution in [3.05, 3.63) is 52.5 Å². The number of piperazine rings is 1. The number of hydrogen-bond donors (Lipinski definition) is 1. The SMILES string of the molecule is COc1cc(/C=N\N2CC[NH+](Cc3ccc(Cl)cc3)CC2)cc(OC)c1OC. The Kier molecular flexibility index (Phi) is 7.01. The molecular formula is C21H27ClN3O3+. The van der Waals surface area contributed by atoms with E-state index in [2.05, 4.69) is 22.2 Å². The van der Waals surface area contributed by atoms with Crippen LogP contribution in [0.15, 0.2) is 41.5 Å². The van der Waals surface area contributed by atoms with Crippen LogP contribution in [0.3, 0.4) is 0 Å². The Hall–Kier alpha value is -2.44. The Morgan fingerprint density at radius 3 is 2.14 bits per heavy atom. The highest BCUT2D eigenvalue weighted by atomic mass is 35.5. The minimum Gasteiger partial charge on any atom is -0.493 e. The second kappa shape index (κ2) is 9.66. The predicted molar refractivity (Wildman–Crippen MR) is 111 cm³/mol. The van der Waals surface area contributed by atoms with Crippen molar-refractivity contribution in [1.29, 1.82) is 0 Å². The van der Waals surface area contributed by atoms with Gasteiger partial charge in [-0.2, -0.15) is 5.10 Å². The number of quaternary nitrogens is 1. The Morgan fingerprint density at radius 2 is 1.61 bits per heavy atom. The van der Waals surface area contributed by atoms with E-state index in [4.69, 9.17) is 25.8 Å². The smallest absolute Gasteiger partial charge is 0.203 e. The summed E-state index contributed by atoms with van der Waals surface area (Å²) in [5.74, 6) is 1.84. The molecule has 28 heavy (non-hydrogen) atoms. The fourth-order valence-corrected chi connectivity index (χ4v) is 3.44. The van der Waals surface area contributed by atoms with E-state index in [1.165, 1.54) is 5.56 Å². The van der Waals surface area contributed by atoms with E-state index in [-0.39, 0.29) is 0 Å². The van der Waals surface area contributed by atoms with Gasteiger partial charge in [-0.25, -0.2) is 0 Å². The summed E-state index contributed by atoms with van der Waals surface area (Å²) in [7, 11) is 4.82. The van der Waals surface area contributed by atoms with Crippen LogP contribution in [-0.2, 0) is 6.54 Å². The minimum absolute atomic E-state index is 0.585. The lowest BCUT2D eigenvalue weighted by Crippen LogP contribution is -3.13. The van der Waals surface area contributed by atoms with Crippen molar-refractivity contribution < 1.29 is 19.1 Å². The molecule has 0 spiro atoms. The second-order valence-corrected chi connectivity index (χ2v) is 7.15. The number of methoxy groups -OCH3 is 3. The molecule has 0 amide bonds. The van der Waals surface area contributed by atoms with E-state index in [0.29, 0.717) is 17.2 Å². The monoisotopic (exact) mass is 404 g/mol. The van der Waals surface area contributed by atoms with Crippen LogP contribution in [0.1, 0.15) is 11.1 Å². The van der Waals surface area contributed by atoms with Crippen LogP contribution in [0.5, 0.6) is 17.2 Å². The quantitative estimate of drug-likeness (QED) is 0.718. The van der Waals surface area contributed by atoms with E-state index < -0.39 is 0 Å². The molecule has 150 valence electrons. The first-order valence-electron chi connectivity index (χ1n) is 9.30. The number of hydrazone groups is 1. The molecule has 1 aliphatic rings. The number of ether oxygens (including phenoxy) is 3. The molecule has 2 aromatic carbocycles. The van der Waals surface area contributed by atoms with Gasteiger partial charge in [0.15, 0.2) is 11.5 Å². The summed E-state index contributed by atoms with van der Waals surface area (Å²) >= 11 is 5.96. The minimum atomic E-state index is 0.585. The molecule has 0 atom stereocenters. The normalized spacial score (nSPS) is 15.1. The third-order valence-corrected chi connectivity index (χ3v) is 5.12. The highest BCUT2D eigenvalue weighted by molar-refractivity contribution is 6.30. The van der Waals surface area contributed by atoms with Crippen LogP contribution in [0.2, 0.25) is 5.02 Å². The van der Waals surface area contributed by atoms with E-state index in [1.54, 1.807) is 26.2 Å². The number of rotatable bonds is 7. The van der Waals surface area contributed by atoms with Crippen LogP contribution in [0.4, 0.5) is 0 Å². The molecule has 1 fully saturated rings. The molecular weight excluding hydrogens is 378 g/mol. The molecule has 0 unspecified atom stereocenters. The zero-order valence-electron chi connectivity index (χ0n) is 16.6. The topological polar surface area (TPSA) is 47.7 Å². The molecule has 0 bridgehead atoms. The molecule has 0 radical (unpaired) electrons. The van der Waals surface area contributed by atoms with Gasteiger partial charge in [0.05, 0.1) is 53.7 Å². The molecule has 1 saturated heterocycles. The van der Waals surface area contributed by atoms with Crippen molar-refractivity contribution >= 4 is 17.8 Å². The van der Waals surface area contributed by atoms with Gasteiger partial charge in [-0.15, -0.1) is 0 Å². The van der Waals surface area contributed by atoms with Gasteiger partial charge in [0.1, 0.15) is 6.54 Å². The van der Waals surface area contributed by atoms with Gasteiger partial charge in [0.2, 0.25) is 5.75 Å². The maximum Gasteiger partial charge on any atom is 0.203 e. The Morgan fingerprint density at radius 1 is 1.00 bits per heavy atom. The fraction of sp³-hybridized carbons (Fsp3) is 0.381. The fourth-order valence-electron chi connectivity index (χ4n) is 3.32. The van der Waals surface area contributed by atoms with Crippen molar-refractivity contribution in [1.82, 2.24) is 5.01 Å². The molecule has 1 aliphatic heterocycles. The summed E-state index contributed by atoms with van der Waals surface area (Å²) in [6.45, 7) is 4.96.